The number of anilines is 1. The molecule has 35 heavy (non-hydrogen) atoms. The second kappa shape index (κ2) is 8.50. The molecule has 0 bridgehead atoms. The first-order valence-corrected chi connectivity index (χ1v) is 11.9. The molecule has 1 spiro atoms. The largest absolute Gasteiger partial charge is 0.492 e. The van der Waals surface area contributed by atoms with Crippen molar-refractivity contribution in [1.82, 2.24) is 4.90 Å². The first kappa shape index (κ1) is 21.8. The lowest BCUT2D eigenvalue weighted by Gasteiger charge is -2.24. The first-order chi connectivity index (χ1) is 17.1. The van der Waals surface area contributed by atoms with Crippen molar-refractivity contribution in [2.24, 2.45) is 0 Å². The van der Waals surface area contributed by atoms with Crippen molar-refractivity contribution in [2.45, 2.75) is 12.0 Å². The molecule has 0 aliphatic carbocycles. The normalized spacial score (nSPS) is 19.6. The summed E-state index contributed by atoms with van der Waals surface area (Å²) in [6, 6.07) is 19.7. The van der Waals surface area contributed by atoms with E-state index in [1.165, 1.54) is 0 Å². The molecule has 3 aromatic rings. The third-order valence-electron chi connectivity index (χ3n) is 6.88. The number of carbonyl (C=O) groups excluding carboxylic acids is 1. The second-order valence-electron chi connectivity index (χ2n) is 9.39. The zero-order valence-electron chi connectivity index (χ0n) is 20.0. The number of benzene rings is 3. The molecule has 3 aliphatic rings. The Bertz CT molecular complexity index is 1270. The van der Waals surface area contributed by atoms with Gasteiger partial charge < -0.3 is 28.7 Å². The Morgan fingerprint density at radius 2 is 1.66 bits per heavy atom. The van der Waals surface area contributed by atoms with Gasteiger partial charge in [0.1, 0.15) is 43.3 Å². The van der Waals surface area contributed by atoms with Gasteiger partial charge in [-0.25, -0.2) is 0 Å². The predicted molar refractivity (Wildman–Crippen MR) is 132 cm³/mol. The molecule has 1 amide bonds. The molecule has 180 valence electrons. The van der Waals surface area contributed by atoms with E-state index in [4.69, 9.17) is 18.9 Å². The van der Waals surface area contributed by atoms with Gasteiger partial charge in [0.05, 0.1) is 6.54 Å². The molecule has 0 saturated carbocycles. The Morgan fingerprint density at radius 3 is 2.43 bits per heavy atom. The van der Waals surface area contributed by atoms with Crippen molar-refractivity contribution in [2.75, 3.05) is 52.0 Å². The number of hydrogen-bond donors (Lipinski definition) is 0. The Balaban J connectivity index is 1.31. The third kappa shape index (κ3) is 3.58. The second-order valence-corrected chi connectivity index (χ2v) is 9.39. The summed E-state index contributed by atoms with van der Waals surface area (Å²) in [6.07, 6.45) is 0. The maximum Gasteiger partial charge on any atom is 0.246 e. The van der Waals surface area contributed by atoms with Gasteiger partial charge >= 0.3 is 0 Å². The molecule has 3 heterocycles. The average molecular weight is 473 g/mol. The molecule has 0 fully saturated rings. The van der Waals surface area contributed by atoms with Gasteiger partial charge in [0.2, 0.25) is 5.91 Å². The molecule has 0 radical (unpaired) electrons. The number of hydrogen-bond acceptors (Lipinski definition) is 6. The molecule has 0 saturated heterocycles. The van der Waals surface area contributed by atoms with Crippen LogP contribution in [0.1, 0.15) is 16.7 Å². The summed E-state index contributed by atoms with van der Waals surface area (Å²) in [4.78, 5) is 18.1. The van der Waals surface area contributed by atoms with Crippen molar-refractivity contribution < 1.29 is 23.7 Å². The highest BCUT2D eigenvalue weighted by Crippen LogP contribution is 2.55. The van der Waals surface area contributed by atoms with E-state index in [9.17, 15) is 4.79 Å². The van der Waals surface area contributed by atoms with Gasteiger partial charge in [-0.2, -0.15) is 0 Å². The van der Waals surface area contributed by atoms with Crippen LogP contribution in [0.5, 0.6) is 23.0 Å². The van der Waals surface area contributed by atoms with E-state index >= 15 is 0 Å². The van der Waals surface area contributed by atoms with E-state index in [0.717, 1.165) is 34.7 Å². The van der Waals surface area contributed by atoms with Crippen LogP contribution >= 0.6 is 0 Å². The van der Waals surface area contributed by atoms with Crippen molar-refractivity contribution in [3.8, 4) is 23.0 Å². The predicted octanol–water partition coefficient (Wildman–Crippen LogP) is 3.62. The van der Waals surface area contributed by atoms with E-state index < -0.39 is 5.41 Å². The monoisotopic (exact) mass is 472 g/mol. The van der Waals surface area contributed by atoms with E-state index in [0.29, 0.717) is 43.6 Å². The molecule has 0 N–H and O–H groups in total. The van der Waals surface area contributed by atoms with Crippen LogP contribution < -0.4 is 23.8 Å². The minimum absolute atomic E-state index is 0.0143. The van der Waals surface area contributed by atoms with Gasteiger partial charge in [0.15, 0.2) is 11.5 Å². The molecule has 1 atom stereocenters. The molecule has 7 heteroatoms. The minimum atomic E-state index is -0.892. The Kier molecular flexibility index (Phi) is 5.29. The summed E-state index contributed by atoms with van der Waals surface area (Å²) in [5.41, 5.74) is 2.86. The summed E-state index contributed by atoms with van der Waals surface area (Å²) in [7, 11) is 4.04. The molecule has 3 aliphatic heterocycles. The highest BCUT2D eigenvalue weighted by atomic mass is 16.6. The average Bonchev–Trinajstić information content (AvgIpc) is 3.35. The summed E-state index contributed by atoms with van der Waals surface area (Å²) in [5, 5.41) is 0. The smallest absolute Gasteiger partial charge is 0.246 e. The highest BCUT2D eigenvalue weighted by Gasteiger charge is 2.57. The lowest BCUT2D eigenvalue weighted by molar-refractivity contribution is -0.122. The lowest BCUT2D eigenvalue weighted by atomic mass is 9.77. The zero-order chi connectivity index (χ0) is 24.0. The quantitative estimate of drug-likeness (QED) is 0.546. The fraction of sp³-hybridized carbons (Fsp3) is 0.321. The first-order valence-electron chi connectivity index (χ1n) is 11.9. The van der Waals surface area contributed by atoms with E-state index in [-0.39, 0.29) is 12.5 Å². The maximum absolute atomic E-state index is 14.1. The van der Waals surface area contributed by atoms with Crippen LogP contribution in [0.25, 0.3) is 0 Å². The van der Waals surface area contributed by atoms with Crippen LogP contribution in [0.4, 0.5) is 5.69 Å². The van der Waals surface area contributed by atoms with Gasteiger partial charge in [0.25, 0.3) is 0 Å². The van der Waals surface area contributed by atoms with Crippen molar-refractivity contribution in [1.29, 1.82) is 0 Å². The van der Waals surface area contributed by atoms with Crippen molar-refractivity contribution >= 4 is 11.6 Å². The molecule has 6 rings (SSSR count). The molecular formula is C28H28N2O5. The van der Waals surface area contributed by atoms with Crippen LogP contribution in [0, 0.1) is 0 Å². The molecule has 1 unspecified atom stereocenters. The van der Waals surface area contributed by atoms with Crippen molar-refractivity contribution in [3.05, 3.63) is 77.4 Å². The zero-order valence-corrected chi connectivity index (χ0v) is 20.0. The maximum atomic E-state index is 14.1. The lowest BCUT2D eigenvalue weighted by Crippen LogP contribution is -2.42. The summed E-state index contributed by atoms with van der Waals surface area (Å²) in [6.45, 7) is 3.21. The minimum Gasteiger partial charge on any atom is -0.492 e. The summed E-state index contributed by atoms with van der Waals surface area (Å²) in [5.74, 6) is 2.84. The summed E-state index contributed by atoms with van der Waals surface area (Å²) >= 11 is 0. The molecule has 0 aromatic heterocycles. The topological polar surface area (TPSA) is 60.5 Å². The number of nitrogens with zero attached hydrogens (tertiary/aromatic N) is 2. The number of rotatable bonds is 6. The van der Waals surface area contributed by atoms with Crippen LogP contribution in [0.15, 0.2) is 60.7 Å². The Labute approximate surface area is 204 Å². The fourth-order valence-electron chi connectivity index (χ4n) is 5.09. The number of fused-ring (bicyclic) bond motifs is 5. The Hall–Kier alpha value is -3.71. The number of para-hydroxylation sites is 1. The van der Waals surface area contributed by atoms with Gasteiger partial charge in [-0.1, -0.05) is 30.3 Å². The Morgan fingerprint density at radius 1 is 0.914 bits per heavy atom. The molecular weight excluding hydrogens is 444 g/mol. The van der Waals surface area contributed by atoms with Crippen LogP contribution in [-0.2, 0) is 16.8 Å². The molecule has 3 aromatic carbocycles. The molecule has 7 nitrogen and oxygen atoms in total. The van der Waals surface area contributed by atoms with Gasteiger partial charge in [-0.3, -0.25) is 4.79 Å². The van der Waals surface area contributed by atoms with Gasteiger partial charge in [0, 0.05) is 23.9 Å². The highest BCUT2D eigenvalue weighted by molar-refractivity contribution is 6.11. The number of carbonyl (C=O) groups is 1. The number of ether oxygens (including phenoxy) is 4. The van der Waals surface area contributed by atoms with Gasteiger partial charge in [-0.15, -0.1) is 0 Å². The van der Waals surface area contributed by atoms with Crippen molar-refractivity contribution in [3.63, 3.8) is 0 Å². The number of amides is 1. The summed E-state index contributed by atoms with van der Waals surface area (Å²) < 4.78 is 23.5. The van der Waals surface area contributed by atoms with E-state index in [1.54, 1.807) is 0 Å². The van der Waals surface area contributed by atoms with Gasteiger partial charge in [-0.05, 0) is 49.5 Å². The van der Waals surface area contributed by atoms with Crippen LogP contribution in [-0.4, -0.2) is 57.9 Å². The van der Waals surface area contributed by atoms with E-state index in [2.05, 4.69) is 4.90 Å². The third-order valence-corrected chi connectivity index (χ3v) is 6.88. The standard InChI is InChI=1S/C28H28N2O5/c1-29(2)11-12-32-20-9-7-19(8-10-20)17-30-23-6-4-3-5-21(23)28(27(30)31)18-35-24-16-26-25(15-22(24)28)33-13-14-34-26/h3-10,15-16H,11-14,17-18H2,1-2H3. The van der Waals surface area contributed by atoms with Crippen LogP contribution in [0.2, 0.25) is 0 Å². The van der Waals surface area contributed by atoms with E-state index in [1.807, 2.05) is 79.7 Å². The number of likely N-dealkylation sites (N-methyl/N-ethyl adjacent to an activating group) is 1. The van der Waals surface area contributed by atoms with Crippen LogP contribution in [0.3, 0.4) is 0 Å². The SMILES string of the molecule is CN(C)CCOc1ccc(CN2C(=O)C3(COc4cc5c(cc43)OCCO5)c3ccccc32)cc1. The fourth-order valence-corrected chi connectivity index (χ4v) is 5.09.